The molecule has 3 aromatic carbocycles. The molecule has 0 aliphatic carbocycles. The van der Waals surface area contributed by atoms with E-state index < -0.39 is 0 Å². The number of ketones is 1. The van der Waals surface area contributed by atoms with Crippen LogP contribution in [0.4, 0.5) is 0 Å². The van der Waals surface area contributed by atoms with E-state index in [0.29, 0.717) is 5.56 Å². The van der Waals surface area contributed by atoms with Crippen LogP contribution >= 0.6 is 0 Å². The van der Waals surface area contributed by atoms with Crippen LogP contribution in [0.5, 0.6) is 0 Å². The lowest BCUT2D eigenvalue weighted by Crippen LogP contribution is -1.99. The lowest BCUT2D eigenvalue weighted by Gasteiger charge is -2.04. The van der Waals surface area contributed by atoms with Gasteiger partial charge >= 0.3 is 0 Å². The Kier molecular flexibility index (Phi) is 4.68. The van der Waals surface area contributed by atoms with Crippen LogP contribution in [0.2, 0.25) is 0 Å². The smallest absolute Gasteiger partial charge is 0.239 e. The molecule has 0 radical (unpaired) electrons. The Bertz CT molecular complexity index is 1060. The summed E-state index contributed by atoms with van der Waals surface area (Å²) in [5.74, 6) is 5.59. The first-order valence-electron chi connectivity index (χ1n) is 8.76. The maximum atomic E-state index is 13.1. The quantitative estimate of drug-likeness (QED) is 0.381. The number of hydrogen-bond acceptors (Lipinski definition) is 1. The molecule has 4 aromatic rings. The summed E-state index contributed by atoms with van der Waals surface area (Å²) >= 11 is 0. The minimum absolute atomic E-state index is 0.196. The van der Waals surface area contributed by atoms with Gasteiger partial charge in [0.25, 0.3) is 0 Å². The van der Waals surface area contributed by atoms with E-state index in [1.54, 1.807) is 0 Å². The van der Waals surface area contributed by atoms with Gasteiger partial charge in [-0.05, 0) is 29.2 Å². The van der Waals surface area contributed by atoms with Crippen molar-refractivity contribution in [1.29, 1.82) is 0 Å². The zero-order valence-corrected chi connectivity index (χ0v) is 14.6. The van der Waals surface area contributed by atoms with E-state index >= 15 is 0 Å². The van der Waals surface area contributed by atoms with E-state index in [9.17, 15) is 4.79 Å². The molecule has 0 saturated heterocycles. The summed E-state index contributed by atoms with van der Waals surface area (Å²) in [6.07, 6.45) is 1.88. The molecule has 4 rings (SSSR count). The SMILES string of the molecule is O=C(C#Cc1ccccc1)c1c(-c2ccccc2)c[nH]c1-c1ccccc1. The highest BCUT2D eigenvalue weighted by Crippen LogP contribution is 2.32. The Morgan fingerprint density at radius 1 is 0.704 bits per heavy atom. The van der Waals surface area contributed by atoms with Crippen molar-refractivity contribution in [1.82, 2.24) is 4.98 Å². The second-order valence-corrected chi connectivity index (χ2v) is 6.13. The summed E-state index contributed by atoms with van der Waals surface area (Å²) in [4.78, 5) is 16.4. The Morgan fingerprint density at radius 2 is 1.26 bits per heavy atom. The van der Waals surface area contributed by atoms with Crippen LogP contribution in [-0.4, -0.2) is 10.8 Å². The van der Waals surface area contributed by atoms with Gasteiger partial charge in [0.2, 0.25) is 5.78 Å². The van der Waals surface area contributed by atoms with Crippen LogP contribution in [0.15, 0.2) is 97.2 Å². The number of rotatable bonds is 3. The first kappa shape index (κ1) is 16.6. The molecule has 0 aliphatic heterocycles. The van der Waals surface area contributed by atoms with Crippen LogP contribution < -0.4 is 0 Å². The average Bonchev–Trinajstić information content (AvgIpc) is 3.19. The van der Waals surface area contributed by atoms with Crippen molar-refractivity contribution in [2.24, 2.45) is 0 Å². The Morgan fingerprint density at radius 3 is 1.89 bits per heavy atom. The Hall–Kier alpha value is -3.83. The number of carbonyl (C=O) groups excluding carboxylic acids is 1. The van der Waals surface area contributed by atoms with E-state index in [4.69, 9.17) is 0 Å². The molecule has 1 heterocycles. The number of aromatic amines is 1. The highest BCUT2D eigenvalue weighted by Gasteiger charge is 2.19. The molecule has 2 nitrogen and oxygen atoms in total. The summed E-state index contributed by atoms with van der Waals surface area (Å²) in [7, 11) is 0. The standard InChI is InChI=1S/C25H17NO/c27-23(17-16-19-10-4-1-5-11-19)24-22(20-12-6-2-7-13-20)18-26-25(24)21-14-8-3-9-15-21/h1-15,18,26H. The fraction of sp³-hybridized carbons (Fsp3) is 0. The number of nitrogens with one attached hydrogen (secondary N) is 1. The molecule has 0 saturated carbocycles. The fourth-order valence-corrected chi connectivity index (χ4v) is 3.05. The monoisotopic (exact) mass is 347 g/mol. The van der Waals surface area contributed by atoms with Gasteiger partial charge in [0.1, 0.15) is 0 Å². The van der Waals surface area contributed by atoms with Gasteiger partial charge in [0.15, 0.2) is 0 Å². The lowest BCUT2D eigenvalue weighted by molar-refractivity contribution is 0.105. The third-order valence-electron chi connectivity index (χ3n) is 4.35. The van der Waals surface area contributed by atoms with Gasteiger partial charge in [-0.25, -0.2) is 0 Å². The molecular weight excluding hydrogens is 330 g/mol. The molecule has 0 unspecified atom stereocenters. The van der Waals surface area contributed by atoms with Crippen molar-refractivity contribution < 1.29 is 4.79 Å². The van der Waals surface area contributed by atoms with E-state index in [0.717, 1.165) is 27.9 Å². The van der Waals surface area contributed by atoms with Gasteiger partial charge < -0.3 is 4.98 Å². The molecule has 0 amide bonds. The average molecular weight is 347 g/mol. The first-order valence-corrected chi connectivity index (χ1v) is 8.76. The van der Waals surface area contributed by atoms with Crippen molar-refractivity contribution in [3.63, 3.8) is 0 Å². The van der Waals surface area contributed by atoms with Crippen molar-refractivity contribution in [3.05, 3.63) is 108 Å². The molecule has 0 atom stereocenters. The highest BCUT2D eigenvalue weighted by molar-refractivity contribution is 6.16. The second-order valence-electron chi connectivity index (χ2n) is 6.13. The molecule has 0 bridgehead atoms. The summed E-state index contributed by atoms with van der Waals surface area (Å²) in [6.45, 7) is 0. The number of hydrogen-bond donors (Lipinski definition) is 1. The van der Waals surface area contributed by atoms with Gasteiger partial charge in [-0.1, -0.05) is 84.8 Å². The second kappa shape index (κ2) is 7.59. The highest BCUT2D eigenvalue weighted by atomic mass is 16.1. The molecule has 27 heavy (non-hydrogen) atoms. The number of aromatic nitrogens is 1. The third kappa shape index (κ3) is 3.58. The van der Waals surface area contributed by atoms with Crippen LogP contribution in [0, 0.1) is 11.8 Å². The van der Waals surface area contributed by atoms with Crippen molar-refractivity contribution >= 4 is 5.78 Å². The summed E-state index contributed by atoms with van der Waals surface area (Å²) in [5.41, 5.74) is 5.04. The van der Waals surface area contributed by atoms with E-state index in [-0.39, 0.29) is 5.78 Å². The van der Waals surface area contributed by atoms with Crippen LogP contribution in [0.1, 0.15) is 15.9 Å². The first-order chi connectivity index (χ1) is 13.3. The largest absolute Gasteiger partial charge is 0.360 e. The minimum atomic E-state index is -0.196. The Labute approximate surface area is 158 Å². The molecule has 2 heteroatoms. The predicted molar refractivity (Wildman–Crippen MR) is 109 cm³/mol. The van der Waals surface area contributed by atoms with Crippen LogP contribution in [-0.2, 0) is 0 Å². The molecule has 1 aromatic heterocycles. The molecule has 0 spiro atoms. The van der Waals surface area contributed by atoms with E-state index in [2.05, 4.69) is 16.8 Å². The summed E-state index contributed by atoms with van der Waals surface area (Å²) in [5, 5.41) is 0. The zero-order chi connectivity index (χ0) is 18.5. The minimum Gasteiger partial charge on any atom is -0.360 e. The third-order valence-corrected chi connectivity index (χ3v) is 4.35. The maximum absolute atomic E-state index is 13.1. The van der Waals surface area contributed by atoms with Crippen molar-refractivity contribution in [2.75, 3.05) is 0 Å². The normalized spacial score (nSPS) is 10.1. The number of Topliss-reactive ketones (excluding diaryl/α,β-unsaturated/α-hetero) is 1. The molecule has 1 N–H and O–H groups in total. The molecule has 0 aliphatic rings. The van der Waals surface area contributed by atoms with Crippen molar-refractivity contribution in [2.45, 2.75) is 0 Å². The van der Waals surface area contributed by atoms with Crippen molar-refractivity contribution in [3.8, 4) is 34.2 Å². The van der Waals surface area contributed by atoms with E-state index in [1.807, 2.05) is 97.2 Å². The van der Waals surface area contributed by atoms with Crippen LogP contribution in [0.25, 0.3) is 22.4 Å². The van der Waals surface area contributed by atoms with Gasteiger partial charge in [-0.15, -0.1) is 0 Å². The van der Waals surface area contributed by atoms with Crippen LogP contribution in [0.3, 0.4) is 0 Å². The number of benzene rings is 3. The summed E-state index contributed by atoms with van der Waals surface area (Å²) in [6, 6.07) is 29.3. The molecule has 128 valence electrons. The zero-order valence-electron chi connectivity index (χ0n) is 14.6. The van der Waals surface area contributed by atoms with Gasteiger partial charge in [-0.2, -0.15) is 0 Å². The predicted octanol–water partition coefficient (Wildman–Crippen LogP) is 5.58. The fourth-order valence-electron chi connectivity index (χ4n) is 3.05. The maximum Gasteiger partial charge on any atom is 0.239 e. The molecular formula is C25H17NO. The van der Waals surface area contributed by atoms with Gasteiger partial charge in [-0.3, -0.25) is 4.79 Å². The summed E-state index contributed by atoms with van der Waals surface area (Å²) < 4.78 is 0. The molecule has 0 fully saturated rings. The Balaban J connectivity index is 1.83. The topological polar surface area (TPSA) is 32.9 Å². The number of H-pyrrole nitrogens is 1. The van der Waals surface area contributed by atoms with Gasteiger partial charge in [0, 0.05) is 17.3 Å². The van der Waals surface area contributed by atoms with Gasteiger partial charge in [0.05, 0.1) is 11.3 Å². The number of carbonyl (C=O) groups is 1. The lowest BCUT2D eigenvalue weighted by atomic mass is 9.97. The van der Waals surface area contributed by atoms with E-state index in [1.165, 1.54) is 0 Å².